The molecule has 0 aliphatic carbocycles. The largest absolute Gasteiger partial charge is 0.466 e. The predicted octanol–water partition coefficient (Wildman–Crippen LogP) is 2.44. The van der Waals surface area contributed by atoms with Gasteiger partial charge in [0.25, 0.3) is 5.69 Å². The van der Waals surface area contributed by atoms with Crippen LogP contribution in [0.25, 0.3) is 0 Å². The summed E-state index contributed by atoms with van der Waals surface area (Å²) in [4.78, 5) is 43.7. The van der Waals surface area contributed by atoms with Crippen LogP contribution in [0.1, 0.15) is 20.3 Å². The van der Waals surface area contributed by atoms with Crippen molar-refractivity contribution < 1.29 is 28.9 Å². The number of hydrazone groups is 1. The molecule has 0 saturated heterocycles. The maximum atomic E-state index is 11.9. The Morgan fingerprint density at radius 1 is 1.11 bits per heavy atom. The van der Waals surface area contributed by atoms with Crippen LogP contribution in [0, 0.1) is 20.2 Å². The van der Waals surface area contributed by atoms with Gasteiger partial charge in [-0.15, -0.1) is 0 Å². The van der Waals surface area contributed by atoms with E-state index in [1.54, 1.807) is 6.92 Å². The Kier molecular flexibility index (Phi) is 8.07. The Morgan fingerprint density at radius 2 is 1.70 bits per heavy atom. The zero-order chi connectivity index (χ0) is 20.6. The molecule has 0 unspecified atom stereocenters. The van der Waals surface area contributed by atoms with Crippen LogP contribution in [0.3, 0.4) is 0 Å². The van der Waals surface area contributed by atoms with Crippen LogP contribution in [0.2, 0.25) is 5.02 Å². The van der Waals surface area contributed by atoms with E-state index in [0.29, 0.717) is 6.07 Å². The molecule has 0 amide bonds. The molecular formula is C14H15ClN4O8. The fourth-order valence-electron chi connectivity index (χ4n) is 1.78. The lowest BCUT2D eigenvalue weighted by Crippen LogP contribution is -2.23. The van der Waals surface area contributed by atoms with Gasteiger partial charge in [0.1, 0.15) is 10.7 Å². The van der Waals surface area contributed by atoms with Crippen molar-refractivity contribution in [3.05, 3.63) is 37.4 Å². The summed E-state index contributed by atoms with van der Waals surface area (Å²) in [5, 5.41) is 25.3. The van der Waals surface area contributed by atoms with Gasteiger partial charge in [-0.2, -0.15) is 5.10 Å². The lowest BCUT2D eigenvalue weighted by Gasteiger charge is -2.08. The van der Waals surface area contributed by atoms with Crippen molar-refractivity contribution in [2.24, 2.45) is 5.10 Å². The molecule has 0 radical (unpaired) electrons. The molecule has 1 aromatic rings. The standard InChI is InChI=1S/C14H15ClN4O8/c1-3-26-13(20)6-10(14(21)27-4-2)17-16-9-5-8(15)11(18(22)23)7-12(9)19(24)25/h5,7,16H,3-4,6H2,1-2H3/b17-10-. The molecule has 0 atom stereocenters. The highest BCUT2D eigenvalue weighted by atomic mass is 35.5. The first-order valence-electron chi connectivity index (χ1n) is 7.48. The minimum atomic E-state index is -0.936. The molecule has 0 spiro atoms. The van der Waals surface area contributed by atoms with Crippen molar-refractivity contribution in [1.29, 1.82) is 0 Å². The Morgan fingerprint density at radius 3 is 2.22 bits per heavy atom. The van der Waals surface area contributed by atoms with Gasteiger partial charge in [0.05, 0.1) is 35.5 Å². The fraction of sp³-hybridized carbons (Fsp3) is 0.357. The number of nitro groups is 2. The van der Waals surface area contributed by atoms with E-state index in [4.69, 9.17) is 21.1 Å². The fourth-order valence-corrected chi connectivity index (χ4v) is 2.01. The van der Waals surface area contributed by atoms with E-state index >= 15 is 0 Å². The summed E-state index contributed by atoms with van der Waals surface area (Å²) < 4.78 is 9.47. The van der Waals surface area contributed by atoms with Crippen molar-refractivity contribution in [1.82, 2.24) is 0 Å². The molecule has 0 saturated carbocycles. The van der Waals surface area contributed by atoms with Gasteiger partial charge in [-0.25, -0.2) is 4.79 Å². The molecule has 13 heteroatoms. The number of nitrogens with zero attached hydrogens (tertiary/aromatic N) is 3. The molecule has 1 N–H and O–H groups in total. The zero-order valence-corrected chi connectivity index (χ0v) is 15.0. The van der Waals surface area contributed by atoms with E-state index in [0.717, 1.165) is 6.07 Å². The number of nitro benzene ring substituents is 2. The Balaban J connectivity index is 3.25. The number of halogens is 1. The third-order valence-corrected chi connectivity index (χ3v) is 3.20. The van der Waals surface area contributed by atoms with Gasteiger partial charge in [0.2, 0.25) is 0 Å². The van der Waals surface area contributed by atoms with Gasteiger partial charge in [-0.05, 0) is 19.9 Å². The number of nitrogens with one attached hydrogen (secondary N) is 1. The normalized spacial score (nSPS) is 10.9. The lowest BCUT2D eigenvalue weighted by molar-refractivity contribution is -0.393. The zero-order valence-electron chi connectivity index (χ0n) is 14.3. The first-order chi connectivity index (χ1) is 12.7. The molecule has 27 heavy (non-hydrogen) atoms. The van der Waals surface area contributed by atoms with Crippen LogP contribution in [0.15, 0.2) is 17.2 Å². The third-order valence-electron chi connectivity index (χ3n) is 2.90. The third kappa shape index (κ3) is 6.18. The summed E-state index contributed by atoms with van der Waals surface area (Å²) in [6.45, 7) is 3.18. The van der Waals surface area contributed by atoms with Gasteiger partial charge in [-0.1, -0.05) is 11.6 Å². The minimum absolute atomic E-state index is 0.00415. The number of anilines is 1. The number of rotatable bonds is 9. The lowest BCUT2D eigenvalue weighted by atomic mass is 10.2. The number of ether oxygens (including phenoxy) is 2. The first-order valence-corrected chi connectivity index (χ1v) is 7.86. The van der Waals surface area contributed by atoms with Crippen LogP contribution < -0.4 is 5.43 Å². The number of carbonyl (C=O) groups is 2. The minimum Gasteiger partial charge on any atom is -0.466 e. The van der Waals surface area contributed by atoms with Gasteiger partial charge >= 0.3 is 17.6 Å². The van der Waals surface area contributed by atoms with E-state index < -0.39 is 45.3 Å². The Hall–Kier alpha value is -3.28. The van der Waals surface area contributed by atoms with Gasteiger partial charge < -0.3 is 9.47 Å². The second-order valence-electron chi connectivity index (χ2n) is 4.71. The van der Waals surface area contributed by atoms with Crippen molar-refractivity contribution >= 4 is 46.3 Å². The maximum absolute atomic E-state index is 11.9. The highest BCUT2D eigenvalue weighted by Gasteiger charge is 2.24. The number of esters is 2. The van der Waals surface area contributed by atoms with Crippen LogP contribution in [0.4, 0.5) is 17.1 Å². The van der Waals surface area contributed by atoms with Crippen molar-refractivity contribution in [2.75, 3.05) is 18.6 Å². The molecule has 0 aliphatic rings. The van der Waals surface area contributed by atoms with Gasteiger partial charge in [-0.3, -0.25) is 30.4 Å². The number of hydrogen-bond donors (Lipinski definition) is 1. The molecule has 1 rings (SSSR count). The van der Waals surface area contributed by atoms with Crippen molar-refractivity contribution in [2.45, 2.75) is 20.3 Å². The highest BCUT2D eigenvalue weighted by molar-refractivity contribution is 6.39. The quantitative estimate of drug-likeness (QED) is 0.282. The second-order valence-corrected chi connectivity index (χ2v) is 5.11. The molecule has 12 nitrogen and oxygen atoms in total. The summed E-state index contributed by atoms with van der Waals surface area (Å²) in [6, 6.07) is 1.56. The van der Waals surface area contributed by atoms with Crippen molar-refractivity contribution in [3.63, 3.8) is 0 Å². The maximum Gasteiger partial charge on any atom is 0.355 e. The van der Waals surface area contributed by atoms with Crippen LogP contribution >= 0.6 is 11.6 Å². The topological polar surface area (TPSA) is 163 Å². The molecule has 146 valence electrons. The average molecular weight is 403 g/mol. The van der Waals surface area contributed by atoms with E-state index in [-0.39, 0.29) is 23.9 Å². The summed E-state index contributed by atoms with van der Waals surface area (Å²) in [5.41, 5.74) is 0.126. The SMILES string of the molecule is CCOC(=O)C/C(=N/Nc1cc(Cl)c([N+](=O)[O-])cc1[N+](=O)[O-])C(=O)OCC. The van der Waals surface area contributed by atoms with Crippen molar-refractivity contribution in [3.8, 4) is 0 Å². The summed E-state index contributed by atoms with van der Waals surface area (Å²) >= 11 is 5.74. The van der Waals surface area contributed by atoms with E-state index in [2.05, 4.69) is 10.5 Å². The smallest absolute Gasteiger partial charge is 0.355 e. The summed E-state index contributed by atoms with van der Waals surface area (Å²) in [7, 11) is 0. The summed E-state index contributed by atoms with van der Waals surface area (Å²) in [6.07, 6.45) is -0.547. The van der Waals surface area contributed by atoms with Gasteiger partial charge in [0, 0.05) is 0 Å². The first kappa shape index (κ1) is 21.8. The summed E-state index contributed by atoms with van der Waals surface area (Å²) in [5.74, 6) is -1.70. The van der Waals surface area contributed by atoms with Crippen LogP contribution in [-0.2, 0) is 19.1 Å². The second kappa shape index (κ2) is 10.0. The number of hydrogen-bond acceptors (Lipinski definition) is 10. The predicted molar refractivity (Wildman–Crippen MR) is 93.7 cm³/mol. The van der Waals surface area contributed by atoms with Crippen LogP contribution in [-0.4, -0.2) is 40.7 Å². The Bertz CT molecular complexity index is 796. The van der Waals surface area contributed by atoms with E-state index in [9.17, 15) is 29.8 Å². The van der Waals surface area contributed by atoms with Gasteiger partial charge in [0.15, 0.2) is 5.71 Å². The highest BCUT2D eigenvalue weighted by Crippen LogP contribution is 2.35. The molecule has 0 aliphatic heterocycles. The molecule has 1 aromatic carbocycles. The molecule has 0 heterocycles. The molecule has 0 fully saturated rings. The Labute approximate surface area is 157 Å². The molecular weight excluding hydrogens is 388 g/mol. The average Bonchev–Trinajstić information content (AvgIpc) is 2.58. The van der Waals surface area contributed by atoms with E-state index in [1.807, 2.05) is 0 Å². The van der Waals surface area contributed by atoms with E-state index in [1.165, 1.54) is 6.92 Å². The van der Waals surface area contributed by atoms with Crippen LogP contribution in [0.5, 0.6) is 0 Å². The molecule has 0 aromatic heterocycles. The monoisotopic (exact) mass is 402 g/mol. The molecule has 0 bridgehead atoms. The number of carbonyl (C=O) groups excluding carboxylic acids is 2. The number of benzene rings is 1.